The normalized spacial score (nSPS) is 59.8. The molecule has 2 aliphatic carbocycles. The van der Waals surface area contributed by atoms with Gasteiger partial charge in [-0.25, -0.2) is 4.79 Å². The van der Waals surface area contributed by atoms with E-state index in [4.69, 9.17) is 18.9 Å². The van der Waals surface area contributed by atoms with Gasteiger partial charge in [0.15, 0.2) is 18.0 Å². The fraction of sp³-hybridized carbons (Fsp3) is 0.818. The molecule has 10 heteroatoms. The lowest BCUT2D eigenvalue weighted by molar-refractivity contribution is -0.262. The van der Waals surface area contributed by atoms with Crippen molar-refractivity contribution in [2.45, 2.75) is 88.2 Å². The van der Waals surface area contributed by atoms with E-state index >= 15 is 0 Å². The van der Waals surface area contributed by atoms with Crippen molar-refractivity contribution in [3.63, 3.8) is 0 Å². The highest BCUT2D eigenvalue weighted by Gasteiger charge is 3.09. The summed E-state index contributed by atoms with van der Waals surface area (Å²) in [5.41, 5.74) is -10.2. The van der Waals surface area contributed by atoms with E-state index in [1.165, 1.54) is 6.92 Å². The number of aliphatic hydroxyl groups excluding tert-OH is 3. The monoisotopic (exact) mass is 452 g/mol. The van der Waals surface area contributed by atoms with E-state index in [1.807, 2.05) is 20.8 Å². The number of esters is 2. The topological polar surface area (TPSA) is 155 Å². The Morgan fingerprint density at radius 2 is 1.72 bits per heavy atom. The summed E-state index contributed by atoms with van der Waals surface area (Å²) in [6, 6.07) is 0. The number of fused-ring (bicyclic) bond motifs is 4. The zero-order valence-electron chi connectivity index (χ0n) is 18.5. The third kappa shape index (κ3) is 1.41. The van der Waals surface area contributed by atoms with Crippen molar-refractivity contribution in [1.29, 1.82) is 0 Å². The van der Waals surface area contributed by atoms with Crippen LogP contribution in [-0.4, -0.2) is 86.0 Å². The van der Waals surface area contributed by atoms with Crippen molar-refractivity contribution in [3.05, 3.63) is 12.2 Å². The highest BCUT2D eigenvalue weighted by molar-refractivity contribution is 5.93. The molecule has 176 valence electrons. The van der Waals surface area contributed by atoms with Crippen LogP contribution in [0.25, 0.3) is 0 Å². The maximum absolute atomic E-state index is 13.5. The van der Waals surface area contributed by atoms with Crippen LogP contribution in [0.5, 0.6) is 0 Å². The van der Waals surface area contributed by atoms with E-state index in [2.05, 4.69) is 6.58 Å². The Balaban J connectivity index is 1.76. The third-order valence-corrected chi connectivity index (χ3v) is 9.48. The maximum Gasteiger partial charge on any atom is 0.343 e. The fourth-order valence-electron chi connectivity index (χ4n) is 8.54. The van der Waals surface area contributed by atoms with Crippen LogP contribution in [0.15, 0.2) is 12.2 Å². The molecule has 4 aliphatic heterocycles. The van der Waals surface area contributed by atoms with Gasteiger partial charge in [-0.2, -0.15) is 0 Å². The van der Waals surface area contributed by atoms with Crippen LogP contribution in [0.4, 0.5) is 0 Å². The van der Waals surface area contributed by atoms with Crippen molar-refractivity contribution in [2.75, 3.05) is 0 Å². The molecule has 6 rings (SSSR count). The van der Waals surface area contributed by atoms with Gasteiger partial charge in [-0.05, 0) is 19.3 Å². The number of rotatable bonds is 2. The Bertz CT molecular complexity index is 1000. The first-order valence-electron chi connectivity index (χ1n) is 10.9. The number of carbonyl (C=O) groups is 2. The molecule has 2 saturated carbocycles. The summed E-state index contributed by atoms with van der Waals surface area (Å²) >= 11 is 0. The average molecular weight is 452 g/mol. The molecule has 0 amide bonds. The van der Waals surface area contributed by atoms with Gasteiger partial charge in [-0.3, -0.25) is 4.79 Å². The van der Waals surface area contributed by atoms with E-state index in [1.54, 1.807) is 6.92 Å². The van der Waals surface area contributed by atoms with Gasteiger partial charge in [0.25, 0.3) is 0 Å². The Kier molecular flexibility index (Phi) is 3.34. The number of epoxide rings is 1. The first-order valence-corrected chi connectivity index (χ1v) is 10.9. The predicted molar refractivity (Wildman–Crippen MR) is 102 cm³/mol. The molecular formula is C22H28O10. The second kappa shape index (κ2) is 5.08. The molecule has 4 N–H and O–H groups in total. The lowest BCUT2D eigenvalue weighted by Gasteiger charge is -2.53. The fourth-order valence-corrected chi connectivity index (χ4v) is 8.54. The SMILES string of the molecule is C=C(C)[C@H](O)C12C(O)O[C@@]34C(=O)OC([C@H]5O[C@@]51C(C)(C)C)C23[C@@H](O)C1OC(=O)[C@@H](C)[C@@]14O. The van der Waals surface area contributed by atoms with Gasteiger partial charge < -0.3 is 39.4 Å². The standard InChI is InChI=1S/C22H28O10/c1-7(2)9(23)19-15(26)32-22-16(27)30-12(13-21(19,31-13)17(4,5)6)18(19,22)10(24)11-20(22,28)8(3)14(25)29-11/h8-13,15,23-24,26,28H,1H2,2-6H3/t8-,9+,10+,11?,12?,13-,15?,18?,19?,20-,21-,22+/m1/s1. The molecule has 6 fully saturated rings. The van der Waals surface area contributed by atoms with E-state index in [9.17, 15) is 30.0 Å². The van der Waals surface area contributed by atoms with E-state index in [-0.39, 0.29) is 5.57 Å². The van der Waals surface area contributed by atoms with Crippen molar-refractivity contribution in [3.8, 4) is 0 Å². The maximum atomic E-state index is 13.5. The van der Waals surface area contributed by atoms with Crippen LogP contribution in [0.3, 0.4) is 0 Å². The molecule has 1 spiro atoms. The number of aliphatic hydroxyl groups is 4. The number of ether oxygens (including phenoxy) is 4. The lowest BCUT2D eigenvalue weighted by atomic mass is 9.48. The van der Waals surface area contributed by atoms with Gasteiger partial charge in [0.05, 0.1) is 22.9 Å². The summed E-state index contributed by atoms with van der Waals surface area (Å²) in [5, 5.41) is 47.0. The van der Waals surface area contributed by atoms with Crippen LogP contribution in [0, 0.1) is 22.2 Å². The number of carbonyl (C=O) groups excluding carboxylic acids is 2. The summed E-state index contributed by atoms with van der Waals surface area (Å²) in [7, 11) is 0. The Morgan fingerprint density at radius 3 is 2.28 bits per heavy atom. The summed E-state index contributed by atoms with van der Waals surface area (Å²) < 4.78 is 23.3. The predicted octanol–water partition coefficient (Wildman–Crippen LogP) is -1.23. The molecule has 12 atom stereocenters. The van der Waals surface area contributed by atoms with Crippen LogP contribution in [0.2, 0.25) is 0 Å². The molecule has 0 aromatic carbocycles. The van der Waals surface area contributed by atoms with Crippen LogP contribution < -0.4 is 0 Å². The summed E-state index contributed by atoms with van der Waals surface area (Å²) in [6.45, 7) is 12.4. The summed E-state index contributed by atoms with van der Waals surface area (Å²) in [6.07, 6.45) is -8.51. The molecule has 10 nitrogen and oxygen atoms in total. The van der Waals surface area contributed by atoms with Crippen LogP contribution in [-0.2, 0) is 28.5 Å². The average Bonchev–Trinajstić information content (AvgIpc) is 3.10. The number of hydrogen-bond donors (Lipinski definition) is 4. The first kappa shape index (κ1) is 21.0. The zero-order valence-corrected chi connectivity index (χ0v) is 18.5. The van der Waals surface area contributed by atoms with Gasteiger partial charge in [-0.1, -0.05) is 32.9 Å². The molecule has 32 heavy (non-hydrogen) atoms. The second-order valence-corrected chi connectivity index (χ2v) is 11.3. The first-order chi connectivity index (χ1) is 14.7. The van der Waals surface area contributed by atoms with E-state index in [0.29, 0.717) is 0 Å². The molecule has 4 saturated heterocycles. The minimum Gasteiger partial charge on any atom is -0.456 e. The van der Waals surface area contributed by atoms with Gasteiger partial charge in [0.1, 0.15) is 23.9 Å². The molecule has 6 aliphatic rings. The van der Waals surface area contributed by atoms with Crippen molar-refractivity contribution >= 4 is 11.9 Å². The van der Waals surface area contributed by atoms with E-state index in [0.717, 1.165) is 0 Å². The minimum absolute atomic E-state index is 0.247. The molecular weight excluding hydrogens is 424 g/mol. The van der Waals surface area contributed by atoms with Crippen LogP contribution >= 0.6 is 0 Å². The quantitative estimate of drug-likeness (QED) is 0.227. The van der Waals surface area contributed by atoms with Gasteiger partial charge in [0, 0.05) is 0 Å². The second-order valence-electron chi connectivity index (χ2n) is 11.3. The van der Waals surface area contributed by atoms with Crippen molar-refractivity contribution in [2.24, 2.45) is 22.2 Å². The molecule has 0 radical (unpaired) electrons. The smallest absolute Gasteiger partial charge is 0.343 e. The summed E-state index contributed by atoms with van der Waals surface area (Å²) in [5.74, 6) is -3.09. The van der Waals surface area contributed by atoms with E-state index < -0.39 is 87.7 Å². The Morgan fingerprint density at radius 1 is 1.09 bits per heavy atom. The zero-order chi connectivity index (χ0) is 23.6. The minimum atomic E-state index is -2.36. The molecule has 4 heterocycles. The number of hydrogen-bond acceptors (Lipinski definition) is 10. The van der Waals surface area contributed by atoms with Crippen molar-refractivity contribution < 1.29 is 49.0 Å². The van der Waals surface area contributed by atoms with Gasteiger partial charge >= 0.3 is 11.9 Å². The lowest BCUT2D eigenvalue weighted by Crippen LogP contribution is -2.70. The molecule has 0 aromatic rings. The van der Waals surface area contributed by atoms with Crippen molar-refractivity contribution in [1.82, 2.24) is 0 Å². The summed E-state index contributed by atoms with van der Waals surface area (Å²) in [4.78, 5) is 26.0. The molecule has 0 bridgehead atoms. The Hall–Kier alpha value is -1.56. The third-order valence-electron chi connectivity index (χ3n) is 9.48. The largest absolute Gasteiger partial charge is 0.456 e. The highest BCUT2D eigenvalue weighted by atomic mass is 16.7. The van der Waals surface area contributed by atoms with Gasteiger partial charge in [-0.15, -0.1) is 0 Å². The Labute approximate surface area is 184 Å². The molecule has 0 aromatic heterocycles. The van der Waals surface area contributed by atoms with Crippen LogP contribution in [0.1, 0.15) is 34.6 Å². The highest BCUT2D eigenvalue weighted by Crippen LogP contribution is 2.89. The molecule has 5 unspecified atom stereocenters. The van der Waals surface area contributed by atoms with Gasteiger partial charge in [0.2, 0.25) is 5.60 Å².